The molecule has 0 saturated heterocycles. The van der Waals surface area contributed by atoms with Crippen LogP contribution in [0.1, 0.15) is 39.5 Å². The van der Waals surface area contributed by atoms with Gasteiger partial charge in [0.25, 0.3) is 0 Å². The number of thiazole rings is 1. The number of nitrogens with zero attached hydrogens (tertiary/aromatic N) is 3. The summed E-state index contributed by atoms with van der Waals surface area (Å²) < 4.78 is 2.01. The van der Waals surface area contributed by atoms with Crippen LogP contribution in [0.2, 0.25) is 0 Å². The first-order chi connectivity index (χ1) is 10.8. The van der Waals surface area contributed by atoms with Crippen LogP contribution in [0, 0.1) is 0 Å². The van der Waals surface area contributed by atoms with Gasteiger partial charge >= 0.3 is 0 Å². The predicted octanol–water partition coefficient (Wildman–Crippen LogP) is 5.17. The minimum atomic E-state index is 0.622. The maximum absolute atomic E-state index is 4.93. The first kappa shape index (κ1) is 16.9. The highest BCUT2D eigenvalue weighted by Crippen LogP contribution is 2.25. The van der Waals surface area contributed by atoms with E-state index in [1.807, 2.05) is 10.8 Å². The lowest BCUT2D eigenvalue weighted by Crippen LogP contribution is -2.15. The van der Waals surface area contributed by atoms with Crippen LogP contribution in [0.3, 0.4) is 0 Å². The first-order valence-corrected chi connectivity index (χ1v) is 9.48. The van der Waals surface area contributed by atoms with Crippen LogP contribution in [0.15, 0.2) is 45.6 Å². The highest BCUT2D eigenvalue weighted by Gasteiger charge is 2.09. The molecule has 0 spiro atoms. The lowest BCUT2D eigenvalue weighted by atomic mass is 10.1. The molecule has 0 amide bonds. The fraction of sp³-hybridized carbons (Fsp3) is 0.412. The largest absolute Gasteiger partial charge is 0.253 e. The molecule has 3 nitrogen and oxygen atoms in total. The number of hydrogen-bond acceptors (Lipinski definition) is 4. The van der Waals surface area contributed by atoms with Gasteiger partial charge < -0.3 is 0 Å². The standard InChI is InChI=1S/C17H23N3S2/c1-4-8-14(9-5-2)19-20-15(16-10-7-12-21-16)13-22-17(20)18-11-6-3/h6-7,10,12-13H,3-5,8-9,11H2,1-2H3. The molecular formula is C17H23N3S2. The van der Waals surface area contributed by atoms with Crippen molar-refractivity contribution in [3.63, 3.8) is 0 Å². The molecule has 2 aromatic rings. The SMILES string of the molecule is C=CCN=c1scc(-c2cccs2)n1N=C(CCC)CCC. The van der Waals surface area contributed by atoms with Gasteiger partial charge in [0, 0.05) is 11.1 Å². The van der Waals surface area contributed by atoms with E-state index in [-0.39, 0.29) is 0 Å². The maximum Gasteiger partial charge on any atom is 0.206 e. The van der Waals surface area contributed by atoms with E-state index in [0.29, 0.717) is 6.54 Å². The fourth-order valence-electron chi connectivity index (χ4n) is 2.19. The van der Waals surface area contributed by atoms with Crippen molar-refractivity contribution in [2.24, 2.45) is 10.1 Å². The fourth-order valence-corrected chi connectivity index (χ4v) is 3.82. The van der Waals surface area contributed by atoms with Gasteiger partial charge in [0.05, 0.1) is 17.1 Å². The molecule has 0 N–H and O–H groups in total. The van der Waals surface area contributed by atoms with Gasteiger partial charge in [-0.1, -0.05) is 38.8 Å². The zero-order valence-corrected chi connectivity index (χ0v) is 14.9. The highest BCUT2D eigenvalue weighted by atomic mass is 32.1. The van der Waals surface area contributed by atoms with Crippen molar-refractivity contribution in [3.8, 4) is 10.6 Å². The summed E-state index contributed by atoms with van der Waals surface area (Å²) in [5.74, 6) is 0. The van der Waals surface area contributed by atoms with E-state index < -0.39 is 0 Å². The molecule has 0 radical (unpaired) electrons. The second-order valence-electron chi connectivity index (χ2n) is 4.99. The van der Waals surface area contributed by atoms with Crippen molar-refractivity contribution >= 4 is 28.4 Å². The van der Waals surface area contributed by atoms with Crippen molar-refractivity contribution in [2.45, 2.75) is 39.5 Å². The molecule has 0 aliphatic rings. The molecular weight excluding hydrogens is 310 g/mol. The quantitative estimate of drug-likeness (QED) is 0.471. The Morgan fingerprint density at radius 1 is 1.27 bits per heavy atom. The Labute approximate surface area is 140 Å². The van der Waals surface area contributed by atoms with Gasteiger partial charge in [-0.25, -0.2) is 4.68 Å². The average Bonchev–Trinajstić information content (AvgIpc) is 3.15. The predicted molar refractivity (Wildman–Crippen MR) is 98.9 cm³/mol. The number of thiophene rings is 1. The van der Waals surface area contributed by atoms with Crippen molar-refractivity contribution in [1.82, 2.24) is 4.68 Å². The molecule has 22 heavy (non-hydrogen) atoms. The van der Waals surface area contributed by atoms with E-state index >= 15 is 0 Å². The second-order valence-corrected chi connectivity index (χ2v) is 6.77. The molecule has 0 unspecified atom stereocenters. The van der Waals surface area contributed by atoms with Crippen LogP contribution < -0.4 is 4.80 Å². The van der Waals surface area contributed by atoms with Gasteiger partial charge in [-0.2, -0.15) is 5.10 Å². The summed E-state index contributed by atoms with van der Waals surface area (Å²) in [5.41, 5.74) is 2.38. The molecule has 0 aliphatic carbocycles. The van der Waals surface area contributed by atoms with Gasteiger partial charge in [-0.05, 0) is 24.3 Å². The molecule has 0 aliphatic heterocycles. The summed E-state index contributed by atoms with van der Waals surface area (Å²) in [6, 6.07) is 4.21. The van der Waals surface area contributed by atoms with Crippen molar-refractivity contribution < 1.29 is 0 Å². The van der Waals surface area contributed by atoms with Crippen LogP contribution in [0.4, 0.5) is 0 Å². The number of rotatable bonds is 8. The van der Waals surface area contributed by atoms with Gasteiger partial charge in [-0.3, -0.25) is 4.99 Å². The Morgan fingerprint density at radius 3 is 2.64 bits per heavy atom. The van der Waals surface area contributed by atoms with Crippen molar-refractivity contribution in [3.05, 3.63) is 40.3 Å². The van der Waals surface area contributed by atoms with Crippen molar-refractivity contribution in [2.75, 3.05) is 6.54 Å². The number of hydrogen-bond donors (Lipinski definition) is 0. The van der Waals surface area contributed by atoms with Gasteiger partial charge in [0.2, 0.25) is 4.80 Å². The molecule has 2 aromatic heterocycles. The van der Waals surface area contributed by atoms with Gasteiger partial charge in [0.1, 0.15) is 0 Å². The van der Waals surface area contributed by atoms with E-state index in [1.165, 1.54) is 10.6 Å². The minimum Gasteiger partial charge on any atom is -0.253 e. The molecule has 0 bridgehead atoms. The van der Waals surface area contributed by atoms with Crippen LogP contribution in [-0.2, 0) is 0 Å². The summed E-state index contributed by atoms with van der Waals surface area (Å²) >= 11 is 3.38. The zero-order valence-electron chi connectivity index (χ0n) is 13.3. The monoisotopic (exact) mass is 333 g/mol. The Hall–Kier alpha value is -1.46. The molecule has 0 saturated carbocycles. The smallest absolute Gasteiger partial charge is 0.206 e. The molecule has 0 aromatic carbocycles. The summed E-state index contributed by atoms with van der Waals surface area (Å²) in [6.07, 6.45) is 6.15. The second kappa shape index (κ2) is 8.86. The zero-order chi connectivity index (χ0) is 15.8. The third kappa shape index (κ3) is 4.27. The van der Waals surface area contributed by atoms with Gasteiger partial charge in [-0.15, -0.1) is 29.3 Å². The van der Waals surface area contributed by atoms with Gasteiger partial charge in [0.15, 0.2) is 0 Å². The van der Waals surface area contributed by atoms with E-state index in [0.717, 1.165) is 36.2 Å². The third-order valence-corrected chi connectivity index (χ3v) is 4.88. The molecule has 118 valence electrons. The lowest BCUT2D eigenvalue weighted by Gasteiger charge is -2.06. The van der Waals surface area contributed by atoms with E-state index in [1.54, 1.807) is 22.7 Å². The summed E-state index contributed by atoms with van der Waals surface area (Å²) in [7, 11) is 0. The Morgan fingerprint density at radius 2 is 2.05 bits per heavy atom. The summed E-state index contributed by atoms with van der Waals surface area (Å²) in [6.45, 7) is 8.77. The molecule has 2 rings (SSSR count). The van der Waals surface area contributed by atoms with E-state index in [9.17, 15) is 0 Å². The van der Waals surface area contributed by atoms with Crippen LogP contribution in [-0.4, -0.2) is 16.9 Å². The van der Waals surface area contributed by atoms with Crippen LogP contribution in [0.5, 0.6) is 0 Å². The van der Waals surface area contributed by atoms with Crippen LogP contribution >= 0.6 is 22.7 Å². The topological polar surface area (TPSA) is 29.6 Å². The third-order valence-electron chi connectivity index (χ3n) is 3.13. The maximum atomic E-state index is 4.93. The molecule has 0 atom stereocenters. The molecule has 2 heterocycles. The first-order valence-electron chi connectivity index (χ1n) is 7.72. The van der Waals surface area contributed by atoms with E-state index in [4.69, 9.17) is 5.10 Å². The normalized spacial score (nSPS) is 11.6. The molecule has 5 heteroatoms. The Kier molecular flexibility index (Phi) is 6.80. The summed E-state index contributed by atoms with van der Waals surface area (Å²) in [5, 5.41) is 9.17. The number of aromatic nitrogens is 1. The summed E-state index contributed by atoms with van der Waals surface area (Å²) in [4.78, 5) is 6.76. The average molecular weight is 334 g/mol. The lowest BCUT2D eigenvalue weighted by molar-refractivity contribution is 0.803. The Balaban J connectivity index is 2.51. The highest BCUT2D eigenvalue weighted by molar-refractivity contribution is 7.14. The molecule has 0 fully saturated rings. The van der Waals surface area contributed by atoms with Crippen LogP contribution in [0.25, 0.3) is 10.6 Å². The van der Waals surface area contributed by atoms with Crippen molar-refractivity contribution in [1.29, 1.82) is 0 Å². The minimum absolute atomic E-state index is 0.622. The Bertz CT molecular complexity index is 667. The van der Waals surface area contributed by atoms with E-state index in [2.05, 4.69) is 48.3 Å².